The van der Waals surface area contributed by atoms with Crippen molar-refractivity contribution in [2.45, 2.75) is 0 Å². The van der Waals surface area contributed by atoms with Gasteiger partial charge in [-0.1, -0.05) is 18.2 Å². The first-order valence-corrected chi connectivity index (χ1v) is 8.96. The molecule has 0 fully saturated rings. The van der Waals surface area contributed by atoms with Crippen molar-refractivity contribution in [3.8, 4) is 11.5 Å². The number of benzene rings is 2. The van der Waals surface area contributed by atoms with Crippen LogP contribution in [0.15, 0.2) is 72.9 Å². The molecule has 3 aromatic rings. The molecule has 1 heterocycles. The van der Waals surface area contributed by atoms with E-state index < -0.39 is 10.9 Å². The SMILES string of the molecule is COc1cc(/C=C/c2ccccn2)ccc1OC(=O)/C=C/c1ccc([N+](=O)[O-])cc1. The molecule has 0 spiro atoms. The van der Waals surface area contributed by atoms with Gasteiger partial charge >= 0.3 is 5.97 Å². The highest BCUT2D eigenvalue weighted by Crippen LogP contribution is 2.29. The fourth-order valence-corrected chi connectivity index (χ4v) is 2.54. The van der Waals surface area contributed by atoms with Crippen LogP contribution in [0.5, 0.6) is 11.5 Å². The topological polar surface area (TPSA) is 91.6 Å². The zero-order valence-electron chi connectivity index (χ0n) is 16.1. The number of nitro groups is 1. The molecule has 7 nitrogen and oxygen atoms in total. The number of non-ortho nitro benzene ring substituents is 1. The number of carbonyl (C=O) groups excluding carboxylic acids is 1. The number of hydrogen-bond acceptors (Lipinski definition) is 6. The molecule has 0 radical (unpaired) electrons. The monoisotopic (exact) mass is 402 g/mol. The molecule has 1 aromatic heterocycles. The first-order valence-electron chi connectivity index (χ1n) is 8.96. The Kier molecular flexibility index (Phi) is 6.68. The second-order valence-corrected chi connectivity index (χ2v) is 6.10. The van der Waals surface area contributed by atoms with Crippen LogP contribution in [-0.2, 0) is 4.79 Å². The van der Waals surface area contributed by atoms with Gasteiger partial charge in [-0.05, 0) is 59.7 Å². The van der Waals surface area contributed by atoms with Gasteiger partial charge in [-0.15, -0.1) is 0 Å². The fraction of sp³-hybridized carbons (Fsp3) is 0.0435. The smallest absolute Gasteiger partial charge is 0.336 e. The van der Waals surface area contributed by atoms with Crippen molar-refractivity contribution < 1.29 is 19.2 Å². The Morgan fingerprint density at radius 1 is 0.967 bits per heavy atom. The van der Waals surface area contributed by atoms with Crippen LogP contribution in [-0.4, -0.2) is 23.0 Å². The molecule has 0 unspecified atom stereocenters. The lowest BCUT2D eigenvalue weighted by Gasteiger charge is -2.08. The van der Waals surface area contributed by atoms with E-state index in [0.717, 1.165) is 11.3 Å². The van der Waals surface area contributed by atoms with E-state index in [-0.39, 0.29) is 11.4 Å². The lowest BCUT2D eigenvalue weighted by Crippen LogP contribution is -2.05. The fourth-order valence-electron chi connectivity index (χ4n) is 2.54. The molecule has 0 bridgehead atoms. The second kappa shape index (κ2) is 9.79. The van der Waals surface area contributed by atoms with Crippen molar-refractivity contribution in [3.63, 3.8) is 0 Å². The van der Waals surface area contributed by atoms with Gasteiger partial charge in [0, 0.05) is 24.4 Å². The third-order valence-electron chi connectivity index (χ3n) is 4.05. The molecular formula is C23H18N2O5. The van der Waals surface area contributed by atoms with Crippen molar-refractivity contribution >= 4 is 29.9 Å². The number of hydrogen-bond donors (Lipinski definition) is 0. The number of carbonyl (C=O) groups is 1. The van der Waals surface area contributed by atoms with E-state index in [1.54, 1.807) is 36.5 Å². The highest BCUT2D eigenvalue weighted by Gasteiger charge is 2.09. The van der Waals surface area contributed by atoms with Crippen LogP contribution in [0.3, 0.4) is 0 Å². The summed E-state index contributed by atoms with van der Waals surface area (Å²) >= 11 is 0. The number of nitro benzene ring substituents is 1. The normalized spacial score (nSPS) is 11.0. The number of pyridine rings is 1. The number of rotatable bonds is 7. The molecule has 3 rings (SSSR count). The molecular weight excluding hydrogens is 384 g/mol. The van der Waals surface area contributed by atoms with Gasteiger partial charge in [0.05, 0.1) is 17.7 Å². The van der Waals surface area contributed by atoms with Gasteiger partial charge in [-0.3, -0.25) is 15.1 Å². The molecule has 0 aliphatic carbocycles. The molecule has 0 amide bonds. The molecule has 2 aromatic carbocycles. The van der Waals surface area contributed by atoms with Crippen LogP contribution < -0.4 is 9.47 Å². The zero-order chi connectivity index (χ0) is 21.3. The van der Waals surface area contributed by atoms with Gasteiger partial charge in [0.2, 0.25) is 0 Å². The van der Waals surface area contributed by atoms with Crippen molar-refractivity contribution in [1.29, 1.82) is 0 Å². The third-order valence-corrected chi connectivity index (χ3v) is 4.05. The van der Waals surface area contributed by atoms with Crippen molar-refractivity contribution in [3.05, 3.63) is 99.9 Å². The minimum absolute atomic E-state index is 0.0170. The van der Waals surface area contributed by atoms with Gasteiger partial charge in [-0.2, -0.15) is 0 Å². The molecule has 30 heavy (non-hydrogen) atoms. The average Bonchev–Trinajstić information content (AvgIpc) is 2.78. The maximum Gasteiger partial charge on any atom is 0.336 e. The lowest BCUT2D eigenvalue weighted by atomic mass is 10.1. The van der Waals surface area contributed by atoms with E-state index in [4.69, 9.17) is 9.47 Å². The number of esters is 1. The van der Waals surface area contributed by atoms with Crippen molar-refractivity contribution in [2.24, 2.45) is 0 Å². The largest absolute Gasteiger partial charge is 0.493 e. The van der Waals surface area contributed by atoms with Crippen molar-refractivity contribution in [1.82, 2.24) is 4.98 Å². The third kappa shape index (κ3) is 5.62. The van der Waals surface area contributed by atoms with Crippen LogP contribution >= 0.6 is 0 Å². The van der Waals surface area contributed by atoms with Crippen LogP contribution in [0.1, 0.15) is 16.8 Å². The molecule has 0 aliphatic heterocycles. The van der Waals surface area contributed by atoms with Gasteiger partial charge in [0.25, 0.3) is 5.69 Å². The summed E-state index contributed by atoms with van der Waals surface area (Å²) in [6, 6.07) is 16.7. The summed E-state index contributed by atoms with van der Waals surface area (Å²) in [5, 5.41) is 10.7. The summed E-state index contributed by atoms with van der Waals surface area (Å²) < 4.78 is 10.7. The predicted molar refractivity (Wildman–Crippen MR) is 114 cm³/mol. The minimum Gasteiger partial charge on any atom is -0.493 e. The maximum atomic E-state index is 12.1. The van der Waals surface area contributed by atoms with Gasteiger partial charge in [-0.25, -0.2) is 4.79 Å². The number of methoxy groups -OCH3 is 1. The standard InChI is InChI=1S/C23H18N2O5/c1-29-22-16-18(5-10-19-4-2-3-15-24-19)8-13-21(22)30-23(26)14-9-17-6-11-20(12-7-17)25(27)28/h2-16H,1H3/b10-5+,14-9+. The van der Waals surface area contributed by atoms with E-state index in [1.807, 2.05) is 30.4 Å². The zero-order valence-corrected chi connectivity index (χ0v) is 16.1. The molecule has 150 valence electrons. The minimum atomic E-state index is -0.594. The second-order valence-electron chi connectivity index (χ2n) is 6.10. The van der Waals surface area contributed by atoms with E-state index in [1.165, 1.54) is 31.4 Å². The lowest BCUT2D eigenvalue weighted by molar-refractivity contribution is -0.384. The number of ether oxygens (including phenoxy) is 2. The summed E-state index contributed by atoms with van der Waals surface area (Å²) in [5.74, 6) is 0.101. The maximum absolute atomic E-state index is 12.1. The predicted octanol–water partition coefficient (Wildman–Crippen LogP) is 4.79. The van der Waals surface area contributed by atoms with E-state index in [2.05, 4.69) is 4.98 Å². The number of aromatic nitrogens is 1. The van der Waals surface area contributed by atoms with Gasteiger partial charge in [0.15, 0.2) is 11.5 Å². The highest BCUT2D eigenvalue weighted by atomic mass is 16.6. The Balaban J connectivity index is 1.67. The Morgan fingerprint density at radius 2 is 1.73 bits per heavy atom. The highest BCUT2D eigenvalue weighted by molar-refractivity contribution is 5.89. The van der Waals surface area contributed by atoms with Crippen LogP contribution in [0, 0.1) is 10.1 Å². The van der Waals surface area contributed by atoms with Gasteiger partial charge < -0.3 is 9.47 Å². The summed E-state index contributed by atoms with van der Waals surface area (Å²) in [7, 11) is 1.49. The quantitative estimate of drug-likeness (QED) is 0.186. The van der Waals surface area contributed by atoms with Crippen LogP contribution in [0.4, 0.5) is 5.69 Å². The van der Waals surface area contributed by atoms with E-state index >= 15 is 0 Å². The average molecular weight is 402 g/mol. The molecule has 0 saturated carbocycles. The van der Waals surface area contributed by atoms with Crippen LogP contribution in [0.2, 0.25) is 0 Å². The Bertz CT molecular complexity index is 1090. The summed E-state index contributed by atoms with van der Waals surface area (Å²) in [5.41, 5.74) is 2.30. The first kappa shape index (κ1) is 20.5. The Morgan fingerprint density at radius 3 is 2.40 bits per heavy atom. The van der Waals surface area contributed by atoms with E-state index in [0.29, 0.717) is 11.3 Å². The molecule has 0 N–H and O–H groups in total. The van der Waals surface area contributed by atoms with Crippen molar-refractivity contribution in [2.75, 3.05) is 7.11 Å². The molecule has 7 heteroatoms. The summed E-state index contributed by atoms with van der Waals surface area (Å²) in [4.78, 5) is 26.5. The number of nitrogens with zero attached hydrogens (tertiary/aromatic N) is 2. The summed E-state index contributed by atoms with van der Waals surface area (Å²) in [6.07, 6.45) is 8.23. The van der Waals surface area contributed by atoms with Crippen LogP contribution in [0.25, 0.3) is 18.2 Å². The molecule has 0 saturated heterocycles. The first-order chi connectivity index (χ1) is 14.5. The molecule has 0 aliphatic rings. The Hall–Kier alpha value is -4.26. The summed E-state index contributed by atoms with van der Waals surface area (Å²) in [6.45, 7) is 0. The van der Waals surface area contributed by atoms with E-state index in [9.17, 15) is 14.9 Å². The Labute approximate surface area is 173 Å². The molecule has 0 atom stereocenters. The van der Waals surface area contributed by atoms with Gasteiger partial charge in [0.1, 0.15) is 0 Å².